The molecule has 2 nitrogen and oxygen atoms in total. The van der Waals surface area contributed by atoms with Gasteiger partial charge in [0.05, 0.1) is 11.7 Å². The van der Waals surface area contributed by atoms with Gasteiger partial charge in [-0.15, -0.1) is 0 Å². The Morgan fingerprint density at radius 3 is 2.19 bits per heavy atom. The molecule has 0 fully saturated rings. The van der Waals surface area contributed by atoms with E-state index in [0.717, 1.165) is 19.3 Å². The molecule has 0 amide bonds. The molecule has 0 aromatic rings. The molecule has 0 aromatic heterocycles. The first kappa shape index (κ1) is 15.9. The average molecular weight is 230 g/mol. The SMILES string of the molecule is CCCCCCCC(O)C(C)(CC)OCC. The molecule has 0 spiro atoms. The molecule has 0 saturated carbocycles. The highest BCUT2D eigenvalue weighted by Crippen LogP contribution is 2.24. The van der Waals surface area contributed by atoms with Gasteiger partial charge in [-0.1, -0.05) is 46.0 Å². The molecule has 2 unspecified atom stereocenters. The van der Waals surface area contributed by atoms with Crippen LogP contribution in [0.4, 0.5) is 0 Å². The molecule has 1 N–H and O–H groups in total. The van der Waals surface area contributed by atoms with Crippen LogP contribution in [0.1, 0.15) is 72.6 Å². The number of aliphatic hydroxyl groups is 1. The summed E-state index contributed by atoms with van der Waals surface area (Å²) < 4.78 is 5.67. The molecule has 16 heavy (non-hydrogen) atoms. The van der Waals surface area contributed by atoms with Gasteiger partial charge in [-0.3, -0.25) is 0 Å². The van der Waals surface area contributed by atoms with Crippen molar-refractivity contribution in [3.8, 4) is 0 Å². The molecule has 0 bridgehead atoms. The van der Waals surface area contributed by atoms with Crippen LogP contribution in [-0.2, 0) is 4.74 Å². The van der Waals surface area contributed by atoms with Crippen LogP contribution in [-0.4, -0.2) is 23.4 Å². The molecular formula is C14H30O2. The van der Waals surface area contributed by atoms with Crippen LogP contribution in [0.15, 0.2) is 0 Å². The van der Waals surface area contributed by atoms with E-state index in [4.69, 9.17) is 4.74 Å². The molecule has 0 aliphatic rings. The van der Waals surface area contributed by atoms with E-state index in [1.54, 1.807) is 0 Å². The van der Waals surface area contributed by atoms with Crippen LogP contribution >= 0.6 is 0 Å². The zero-order chi connectivity index (χ0) is 12.4. The third-order valence-corrected chi connectivity index (χ3v) is 3.46. The Hall–Kier alpha value is -0.0800. The van der Waals surface area contributed by atoms with Gasteiger partial charge in [0.2, 0.25) is 0 Å². The van der Waals surface area contributed by atoms with Gasteiger partial charge in [-0.25, -0.2) is 0 Å². The predicted molar refractivity (Wildman–Crippen MR) is 69.7 cm³/mol. The van der Waals surface area contributed by atoms with Gasteiger partial charge in [-0.05, 0) is 26.7 Å². The van der Waals surface area contributed by atoms with Crippen LogP contribution in [0.3, 0.4) is 0 Å². The van der Waals surface area contributed by atoms with Crippen LogP contribution < -0.4 is 0 Å². The smallest absolute Gasteiger partial charge is 0.0909 e. The highest BCUT2D eigenvalue weighted by molar-refractivity contribution is 4.82. The molecule has 0 aliphatic heterocycles. The Balaban J connectivity index is 3.79. The minimum absolute atomic E-state index is 0.320. The second-order valence-corrected chi connectivity index (χ2v) is 4.82. The van der Waals surface area contributed by atoms with E-state index < -0.39 is 0 Å². The highest BCUT2D eigenvalue weighted by Gasteiger charge is 2.30. The van der Waals surface area contributed by atoms with Crippen LogP contribution in [0.5, 0.6) is 0 Å². The van der Waals surface area contributed by atoms with E-state index in [-0.39, 0.29) is 11.7 Å². The van der Waals surface area contributed by atoms with Crippen molar-refractivity contribution in [2.75, 3.05) is 6.61 Å². The van der Waals surface area contributed by atoms with Gasteiger partial charge in [0, 0.05) is 6.61 Å². The van der Waals surface area contributed by atoms with Crippen LogP contribution in [0.2, 0.25) is 0 Å². The minimum atomic E-state index is -0.348. The molecule has 0 saturated heterocycles. The number of hydrogen-bond acceptors (Lipinski definition) is 2. The van der Waals surface area contributed by atoms with E-state index in [1.807, 2.05) is 13.8 Å². The first-order valence-corrected chi connectivity index (χ1v) is 6.92. The minimum Gasteiger partial charge on any atom is -0.390 e. The molecule has 0 radical (unpaired) electrons. The third kappa shape index (κ3) is 5.86. The quantitative estimate of drug-likeness (QED) is 0.576. The zero-order valence-electron chi connectivity index (χ0n) is 11.6. The summed E-state index contributed by atoms with van der Waals surface area (Å²) in [5.41, 5.74) is -0.348. The van der Waals surface area contributed by atoms with Gasteiger partial charge in [-0.2, -0.15) is 0 Å². The normalized spacial score (nSPS) is 17.1. The van der Waals surface area contributed by atoms with E-state index in [1.165, 1.54) is 25.7 Å². The van der Waals surface area contributed by atoms with Crippen molar-refractivity contribution in [2.45, 2.75) is 84.3 Å². The lowest BCUT2D eigenvalue weighted by Gasteiger charge is -2.33. The summed E-state index contributed by atoms with van der Waals surface area (Å²) in [7, 11) is 0. The highest BCUT2D eigenvalue weighted by atomic mass is 16.5. The number of aliphatic hydroxyl groups excluding tert-OH is 1. The lowest BCUT2D eigenvalue weighted by atomic mass is 9.91. The van der Waals surface area contributed by atoms with Gasteiger partial charge < -0.3 is 9.84 Å². The maximum absolute atomic E-state index is 10.1. The number of hydrogen-bond donors (Lipinski definition) is 1. The van der Waals surface area contributed by atoms with Crippen molar-refractivity contribution in [1.82, 2.24) is 0 Å². The fourth-order valence-corrected chi connectivity index (χ4v) is 2.01. The summed E-state index contributed by atoms with van der Waals surface area (Å²) in [6.45, 7) is 8.99. The number of unbranched alkanes of at least 4 members (excludes halogenated alkanes) is 4. The van der Waals surface area contributed by atoms with Gasteiger partial charge in [0.25, 0.3) is 0 Å². The molecule has 98 valence electrons. The Morgan fingerprint density at radius 2 is 1.69 bits per heavy atom. The zero-order valence-corrected chi connectivity index (χ0v) is 11.6. The summed E-state index contributed by atoms with van der Waals surface area (Å²) in [5, 5.41) is 10.1. The van der Waals surface area contributed by atoms with Gasteiger partial charge in [0.15, 0.2) is 0 Å². The van der Waals surface area contributed by atoms with Crippen molar-refractivity contribution in [1.29, 1.82) is 0 Å². The first-order valence-electron chi connectivity index (χ1n) is 6.92. The second-order valence-electron chi connectivity index (χ2n) is 4.82. The maximum Gasteiger partial charge on any atom is 0.0909 e. The van der Waals surface area contributed by atoms with Crippen molar-refractivity contribution in [3.05, 3.63) is 0 Å². The monoisotopic (exact) mass is 230 g/mol. The van der Waals surface area contributed by atoms with Crippen molar-refractivity contribution < 1.29 is 9.84 Å². The summed E-state index contributed by atoms with van der Waals surface area (Å²) >= 11 is 0. The summed E-state index contributed by atoms with van der Waals surface area (Å²) in [4.78, 5) is 0. The third-order valence-electron chi connectivity index (χ3n) is 3.46. The largest absolute Gasteiger partial charge is 0.390 e. The fraction of sp³-hybridized carbons (Fsp3) is 1.00. The number of ether oxygens (including phenoxy) is 1. The molecule has 2 heteroatoms. The van der Waals surface area contributed by atoms with E-state index >= 15 is 0 Å². The summed E-state index contributed by atoms with van der Waals surface area (Å²) in [6.07, 6.45) is 7.65. The van der Waals surface area contributed by atoms with E-state index in [9.17, 15) is 5.11 Å². The predicted octanol–water partition coefficient (Wildman–Crippen LogP) is 3.91. The maximum atomic E-state index is 10.1. The van der Waals surface area contributed by atoms with Gasteiger partial charge >= 0.3 is 0 Å². The topological polar surface area (TPSA) is 29.5 Å². The van der Waals surface area contributed by atoms with Crippen molar-refractivity contribution in [2.24, 2.45) is 0 Å². The lowest BCUT2D eigenvalue weighted by Crippen LogP contribution is -2.41. The molecular weight excluding hydrogens is 200 g/mol. The molecule has 0 aromatic carbocycles. The number of rotatable bonds is 10. The molecule has 0 rings (SSSR count). The molecule has 2 atom stereocenters. The molecule has 0 heterocycles. The van der Waals surface area contributed by atoms with Crippen molar-refractivity contribution >= 4 is 0 Å². The van der Waals surface area contributed by atoms with Crippen molar-refractivity contribution in [3.63, 3.8) is 0 Å². The van der Waals surface area contributed by atoms with E-state index in [2.05, 4.69) is 13.8 Å². The van der Waals surface area contributed by atoms with Crippen LogP contribution in [0, 0.1) is 0 Å². The average Bonchev–Trinajstić information content (AvgIpc) is 2.28. The summed E-state index contributed by atoms with van der Waals surface area (Å²) in [5.74, 6) is 0. The lowest BCUT2D eigenvalue weighted by molar-refractivity contribution is -0.113. The Morgan fingerprint density at radius 1 is 1.06 bits per heavy atom. The first-order chi connectivity index (χ1) is 7.60. The van der Waals surface area contributed by atoms with Crippen LogP contribution in [0.25, 0.3) is 0 Å². The fourth-order valence-electron chi connectivity index (χ4n) is 2.01. The Kier molecular flexibility index (Phi) is 8.96. The summed E-state index contributed by atoms with van der Waals surface area (Å²) in [6, 6.07) is 0. The Labute approximate surface area is 101 Å². The second kappa shape index (κ2) is 9.00. The Bertz CT molecular complexity index is 159. The standard InChI is InChI=1S/C14H30O2/c1-5-8-9-10-11-12-13(15)14(4,6-2)16-7-3/h13,15H,5-12H2,1-4H3. The van der Waals surface area contributed by atoms with E-state index in [0.29, 0.717) is 6.61 Å². The van der Waals surface area contributed by atoms with Gasteiger partial charge in [0.1, 0.15) is 0 Å². The molecule has 0 aliphatic carbocycles.